The van der Waals surface area contributed by atoms with Crippen molar-refractivity contribution in [1.29, 1.82) is 0 Å². The maximum atomic E-state index is 14.7. The van der Waals surface area contributed by atoms with E-state index in [4.69, 9.17) is 4.52 Å². The van der Waals surface area contributed by atoms with E-state index in [1.54, 1.807) is 41.1 Å². The van der Waals surface area contributed by atoms with Crippen LogP contribution in [-0.2, 0) is 13.1 Å². The van der Waals surface area contributed by atoms with E-state index in [0.29, 0.717) is 35.1 Å². The number of nitrogens with zero attached hydrogens (tertiary/aromatic N) is 4. The molecule has 2 atom stereocenters. The van der Waals surface area contributed by atoms with Crippen molar-refractivity contribution in [3.8, 4) is 11.5 Å². The van der Waals surface area contributed by atoms with Crippen LogP contribution < -0.4 is 10.6 Å². The van der Waals surface area contributed by atoms with E-state index in [9.17, 15) is 22.4 Å². The van der Waals surface area contributed by atoms with Gasteiger partial charge in [-0.15, -0.1) is 0 Å². The van der Waals surface area contributed by atoms with Gasteiger partial charge in [0.1, 0.15) is 12.7 Å². The molecule has 0 aliphatic carbocycles. The van der Waals surface area contributed by atoms with Crippen molar-refractivity contribution in [3.63, 3.8) is 0 Å². The second-order valence-corrected chi connectivity index (χ2v) is 9.77. The molecule has 8 nitrogen and oxygen atoms in total. The van der Waals surface area contributed by atoms with Crippen LogP contribution in [0.5, 0.6) is 0 Å². The van der Waals surface area contributed by atoms with Crippen LogP contribution in [0.4, 0.5) is 23.2 Å². The molecule has 1 aromatic carbocycles. The molecule has 0 bridgehead atoms. The summed E-state index contributed by atoms with van der Waals surface area (Å²) < 4.78 is 61.6. The van der Waals surface area contributed by atoms with Gasteiger partial charge in [-0.1, -0.05) is 11.2 Å². The molecule has 4 heterocycles. The summed E-state index contributed by atoms with van der Waals surface area (Å²) in [7, 11) is 1.85. The molecule has 0 saturated carbocycles. The Morgan fingerprint density at radius 3 is 2.86 bits per heavy atom. The van der Waals surface area contributed by atoms with Crippen molar-refractivity contribution in [2.75, 3.05) is 25.5 Å². The summed E-state index contributed by atoms with van der Waals surface area (Å²) >= 11 is 1.38. The van der Waals surface area contributed by atoms with Gasteiger partial charge < -0.3 is 24.6 Å². The lowest BCUT2D eigenvalue weighted by molar-refractivity contribution is -0.139. The standard InChI is InChI=1S/C24H24F4N6O2S/c1-33-7-5-18(16(25)11-33)30-17-3-2-4-19-15(17)9-20(34(19)13-24(26,27)28)22-31-21(36-32-22)10-29-23(35)14-6-8-37-12-14/h2-4,6,8-9,12,16,18,30H,5,7,10-11,13H2,1H3,(H,29,35)/t16-,18+/m0/s1. The molecule has 1 saturated heterocycles. The van der Waals surface area contributed by atoms with Crippen LogP contribution in [-0.4, -0.2) is 64.0 Å². The quantitative estimate of drug-likeness (QED) is 0.333. The highest BCUT2D eigenvalue weighted by atomic mass is 32.1. The molecule has 5 rings (SSSR count). The van der Waals surface area contributed by atoms with Gasteiger partial charge in [0.25, 0.3) is 5.91 Å². The number of anilines is 1. The van der Waals surface area contributed by atoms with Crippen molar-refractivity contribution in [2.45, 2.75) is 37.9 Å². The van der Waals surface area contributed by atoms with E-state index < -0.39 is 24.9 Å². The third kappa shape index (κ3) is 5.62. The van der Waals surface area contributed by atoms with Gasteiger partial charge in [-0.3, -0.25) is 4.79 Å². The fraction of sp³-hybridized carbons (Fsp3) is 0.375. The molecular formula is C24H24F4N6O2S. The Morgan fingerprint density at radius 1 is 1.30 bits per heavy atom. The fourth-order valence-corrected chi connectivity index (χ4v) is 5.08. The Balaban J connectivity index is 1.45. The van der Waals surface area contributed by atoms with Crippen molar-refractivity contribution in [2.24, 2.45) is 0 Å². The molecule has 0 spiro atoms. The molecule has 0 unspecified atom stereocenters. The van der Waals surface area contributed by atoms with Crippen LogP contribution in [0.15, 0.2) is 45.6 Å². The van der Waals surface area contributed by atoms with Crippen LogP contribution in [0.1, 0.15) is 22.7 Å². The van der Waals surface area contributed by atoms with Gasteiger partial charge in [-0.2, -0.15) is 29.5 Å². The molecule has 196 valence electrons. The number of rotatable bonds is 7. The number of nitrogens with one attached hydrogen (secondary N) is 2. The summed E-state index contributed by atoms with van der Waals surface area (Å²) in [5, 5.41) is 13.6. The molecule has 1 amide bonds. The zero-order valence-electron chi connectivity index (χ0n) is 19.8. The highest BCUT2D eigenvalue weighted by molar-refractivity contribution is 7.08. The summed E-state index contributed by atoms with van der Waals surface area (Å²) in [4.78, 5) is 18.3. The molecule has 2 N–H and O–H groups in total. The van der Waals surface area contributed by atoms with Gasteiger partial charge >= 0.3 is 6.18 Å². The van der Waals surface area contributed by atoms with Gasteiger partial charge in [0.15, 0.2) is 0 Å². The SMILES string of the molecule is CN1CC[C@@H](Nc2cccc3c2cc(-c2noc(CNC(=O)c4ccsc4)n2)n3CC(F)(F)F)[C@@H](F)C1. The number of piperidine rings is 1. The van der Waals surface area contributed by atoms with Crippen molar-refractivity contribution in [1.82, 2.24) is 24.9 Å². The van der Waals surface area contributed by atoms with Gasteiger partial charge in [-0.25, -0.2) is 4.39 Å². The topological polar surface area (TPSA) is 88.2 Å². The molecule has 13 heteroatoms. The zero-order chi connectivity index (χ0) is 26.2. The molecule has 3 aromatic heterocycles. The fourth-order valence-electron chi connectivity index (χ4n) is 4.45. The third-order valence-electron chi connectivity index (χ3n) is 6.25. The van der Waals surface area contributed by atoms with Gasteiger partial charge in [-0.05, 0) is 43.1 Å². The smallest absolute Gasteiger partial charge is 0.379 e. The number of likely N-dealkylation sites (tertiary alicyclic amines) is 1. The average molecular weight is 537 g/mol. The number of hydrogen-bond donors (Lipinski definition) is 2. The van der Waals surface area contributed by atoms with E-state index in [-0.39, 0.29) is 36.4 Å². The number of alkyl halides is 4. The van der Waals surface area contributed by atoms with Gasteiger partial charge in [0.05, 0.1) is 23.8 Å². The number of halogens is 4. The molecule has 1 fully saturated rings. The monoisotopic (exact) mass is 536 g/mol. The number of benzene rings is 1. The summed E-state index contributed by atoms with van der Waals surface area (Å²) in [6, 6.07) is 7.67. The first-order valence-corrected chi connectivity index (χ1v) is 12.5. The van der Waals surface area contributed by atoms with E-state index >= 15 is 0 Å². The lowest BCUT2D eigenvalue weighted by Gasteiger charge is -2.33. The maximum Gasteiger partial charge on any atom is 0.406 e. The van der Waals surface area contributed by atoms with E-state index in [1.165, 1.54) is 11.3 Å². The van der Waals surface area contributed by atoms with Crippen molar-refractivity contribution >= 4 is 33.8 Å². The third-order valence-corrected chi connectivity index (χ3v) is 6.93. The summed E-state index contributed by atoms with van der Waals surface area (Å²) in [6.45, 7) is -0.360. The second kappa shape index (κ2) is 10.1. The van der Waals surface area contributed by atoms with Crippen LogP contribution in [0, 0.1) is 0 Å². The highest BCUT2D eigenvalue weighted by Crippen LogP contribution is 2.35. The molecule has 1 aliphatic rings. The second-order valence-electron chi connectivity index (χ2n) is 8.99. The Bertz CT molecular complexity index is 1380. The van der Waals surface area contributed by atoms with Crippen LogP contribution in [0.25, 0.3) is 22.4 Å². The van der Waals surface area contributed by atoms with Gasteiger partial charge in [0, 0.05) is 35.1 Å². The largest absolute Gasteiger partial charge is 0.406 e. The minimum absolute atomic E-state index is 0.0474. The molecule has 37 heavy (non-hydrogen) atoms. The zero-order valence-corrected chi connectivity index (χ0v) is 20.6. The number of carbonyl (C=O) groups excluding carboxylic acids is 1. The normalized spacial score (nSPS) is 18.8. The van der Waals surface area contributed by atoms with Crippen molar-refractivity contribution in [3.05, 3.63) is 52.5 Å². The van der Waals surface area contributed by atoms with Gasteiger partial charge in [0.2, 0.25) is 11.7 Å². The minimum Gasteiger partial charge on any atom is -0.379 e. The van der Waals surface area contributed by atoms with Crippen LogP contribution >= 0.6 is 11.3 Å². The first-order chi connectivity index (χ1) is 17.7. The van der Waals surface area contributed by atoms with Crippen LogP contribution in [0.2, 0.25) is 0 Å². The predicted octanol–water partition coefficient (Wildman–Crippen LogP) is 4.70. The molecular weight excluding hydrogens is 512 g/mol. The highest BCUT2D eigenvalue weighted by Gasteiger charge is 2.32. The molecule has 1 aliphatic heterocycles. The number of aromatic nitrogens is 3. The Morgan fingerprint density at radius 2 is 2.14 bits per heavy atom. The van der Waals surface area contributed by atoms with E-state index in [1.807, 2.05) is 11.9 Å². The minimum atomic E-state index is -4.51. The molecule has 4 aromatic rings. The Labute approximate surface area is 213 Å². The average Bonchev–Trinajstić information content (AvgIpc) is 3.59. The van der Waals surface area contributed by atoms with E-state index in [0.717, 1.165) is 4.57 Å². The van der Waals surface area contributed by atoms with E-state index in [2.05, 4.69) is 20.8 Å². The van der Waals surface area contributed by atoms with Crippen LogP contribution in [0.3, 0.4) is 0 Å². The predicted molar refractivity (Wildman–Crippen MR) is 131 cm³/mol. The first kappa shape index (κ1) is 25.2. The first-order valence-electron chi connectivity index (χ1n) is 11.6. The lowest BCUT2D eigenvalue weighted by atomic mass is 10.0. The summed E-state index contributed by atoms with van der Waals surface area (Å²) in [5.41, 5.74) is 1.41. The number of fused-ring (bicyclic) bond motifs is 1. The number of thiophene rings is 1. The Hall–Kier alpha value is -3.45. The Kier molecular flexibility index (Phi) is 6.90. The maximum absolute atomic E-state index is 14.7. The van der Waals surface area contributed by atoms with Crippen molar-refractivity contribution < 1.29 is 26.9 Å². The lowest BCUT2D eigenvalue weighted by Crippen LogP contribution is -2.46. The molecule has 0 radical (unpaired) electrons. The number of hydrogen-bond acceptors (Lipinski definition) is 7. The summed E-state index contributed by atoms with van der Waals surface area (Å²) in [6.07, 6.45) is -5.06. The number of amides is 1. The number of carbonyl (C=O) groups is 1. The summed E-state index contributed by atoms with van der Waals surface area (Å²) in [5.74, 6) is -0.329.